The number of nitrogens with zero attached hydrogens (tertiary/aromatic N) is 2. The summed E-state index contributed by atoms with van der Waals surface area (Å²) in [7, 11) is 0. The number of hydrogen-bond donors (Lipinski definition) is 1. The van der Waals surface area contributed by atoms with Gasteiger partial charge in [0.1, 0.15) is 11.4 Å². The molecule has 1 aliphatic heterocycles. The van der Waals surface area contributed by atoms with E-state index in [1.54, 1.807) is 31.3 Å². The number of anilines is 1. The van der Waals surface area contributed by atoms with Crippen molar-refractivity contribution in [2.75, 3.05) is 10.8 Å². The Balaban J connectivity index is 2.01. The Morgan fingerprint density at radius 1 is 1.53 bits per heavy atom. The Labute approximate surface area is 114 Å². The fraction of sp³-hybridized carbons (Fsp3) is 0.500. The van der Waals surface area contributed by atoms with Gasteiger partial charge in [-0.05, 0) is 38.8 Å². The van der Waals surface area contributed by atoms with E-state index >= 15 is 0 Å². The van der Waals surface area contributed by atoms with Gasteiger partial charge in [0.05, 0.1) is 0 Å². The molecule has 0 radical (unpaired) electrons. The highest BCUT2D eigenvalue weighted by Crippen LogP contribution is 2.25. The van der Waals surface area contributed by atoms with Crippen LogP contribution in [0.5, 0.6) is 0 Å². The van der Waals surface area contributed by atoms with E-state index < -0.39 is 22.9 Å². The molecule has 0 spiro atoms. The number of amides is 1. The first-order chi connectivity index (χ1) is 8.87. The Morgan fingerprint density at radius 3 is 2.95 bits per heavy atom. The van der Waals surface area contributed by atoms with Gasteiger partial charge in [-0.2, -0.15) is 0 Å². The standard InChI is InChI=1S/C12H17N3O3S/c1-12(2,3)18-11(16)14-19(17)15-8-6-9-5-4-7-13-10(9)15/h4-5,7H,6,8H2,1-3H3,(H,14,16). The molecule has 1 N–H and O–H groups in total. The van der Waals surface area contributed by atoms with Gasteiger partial charge < -0.3 is 4.74 Å². The zero-order chi connectivity index (χ0) is 14.0. The third-order valence-corrected chi connectivity index (χ3v) is 3.55. The molecule has 0 aromatic carbocycles. The molecule has 0 bridgehead atoms. The molecule has 1 aliphatic rings. The molecule has 104 valence electrons. The van der Waals surface area contributed by atoms with Crippen LogP contribution in [0.15, 0.2) is 18.3 Å². The summed E-state index contributed by atoms with van der Waals surface area (Å²) in [6.07, 6.45) is 1.71. The van der Waals surface area contributed by atoms with Crippen LogP contribution in [0.1, 0.15) is 26.3 Å². The monoisotopic (exact) mass is 283 g/mol. The van der Waals surface area contributed by atoms with Crippen LogP contribution in [-0.2, 0) is 22.3 Å². The number of carbonyl (C=O) groups is 1. The van der Waals surface area contributed by atoms with Gasteiger partial charge in [0.25, 0.3) is 0 Å². The second kappa shape index (κ2) is 5.16. The van der Waals surface area contributed by atoms with Gasteiger partial charge in [-0.1, -0.05) is 6.07 Å². The van der Waals surface area contributed by atoms with Crippen molar-refractivity contribution in [1.82, 2.24) is 9.71 Å². The molecular formula is C12H17N3O3S. The SMILES string of the molecule is CC(C)(C)OC(=O)NS(=O)N1CCc2cccnc21. The van der Waals surface area contributed by atoms with Crippen LogP contribution >= 0.6 is 0 Å². The van der Waals surface area contributed by atoms with Crippen molar-refractivity contribution < 1.29 is 13.7 Å². The zero-order valence-corrected chi connectivity index (χ0v) is 12.0. The summed E-state index contributed by atoms with van der Waals surface area (Å²) in [5, 5.41) is 0. The predicted molar refractivity (Wildman–Crippen MR) is 72.8 cm³/mol. The highest BCUT2D eigenvalue weighted by atomic mass is 32.2. The number of nitrogens with one attached hydrogen (secondary N) is 1. The molecular weight excluding hydrogens is 266 g/mol. The Bertz CT molecular complexity index is 513. The van der Waals surface area contributed by atoms with Crippen LogP contribution in [0.25, 0.3) is 0 Å². The molecule has 19 heavy (non-hydrogen) atoms. The normalized spacial score (nSPS) is 15.8. The molecule has 1 amide bonds. The van der Waals surface area contributed by atoms with Crippen LogP contribution in [0, 0.1) is 0 Å². The maximum atomic E-state index is 12.1. The van der Waals surface area contributed by atoms with Crippen molar-refractivity contribution in [2.24, 2.45) is 0 Å². The number of carbonyl (C=O) groups excluding carboxylic acids is 1. The highest BCUT2D eigenvalue weighted by molar-refractivity contribution is 7.85. The zero-order valence-electron chi connectivity index (χ0n) is 11.2. The third-order valence-electron chi connectivity index (χ3n) is 2.46. The Kier molecular flexibility index (Phi) is 3.75. The molecule has 1 aromatic rings. The fourth-order valence-electron chi connectivity index (χ4n) is 1.76. The van der Waals surface area contributed by atoms with E-state index in [1.165, 1.54) is 0 Å². The van der Waals surface area contributed by atoms with Crippen LogP contribution in [-0.4, -0.2) is 27.4 Å². The van der Waals surface area contributed by atoms with Gasteiger partial charge in [-0.3, -0.25) is 4.31 Å². The van der Waals surface area contributed by atoms with Crippen molar-refractivity contribution >= 4 is 23.1 Å². The summed E-state index contributed by atoms with van der Waals surface area (Å²) in [6.45, 7) is 5.82. The molecule has 7 heteroatoms. The lowest BCUT2D eigenvalue weighted by molar-refractivity contribution is 0.0572. The predicted octanol–water partition coefficient (Wildman–Crippen LogP) is 1.55. The molecule has 1 aromatic heterocycles. The van der Waals surface area contributed by atoms with Gasteiger partial charge in [-0.15, -0.1) is 0 Å². The molecule has 0 aliphatic carbocycles. The lowest BCUT2D eigenvalue weighted by Gasteiger charge is -2.21. The average molecular weight is 283 g/mol. The van der Waals surface area contributed by atoms with Gasteiger partial charge in [0, 0.05) is 12.7 Å². The molecule has 2 heterocycles. The molecule has 6 nitrogen and oxygen atoms in total. The van der Waals surface area contributed by atoms with Gasteiger partial charge in [-0.25, -0.2) is 18.7 Å². The maximum absolute atomic E-state index is 12.1. The van der Waals surface area contributed by atoms with Crippen molar-refractivity contribution in [3.05, 3.63) is 23.9 Å². The van der Waals surface area contributed by atoms with Gasteiger partial charge >= 0.3 is 6.09 Å². The number of hydrogen-bond acceptors (Lipinski definition) is 4. The van der Waals surface area contributed by atoms with E-state index in [4.69, 9.17) is 4.74 Å². The van der Waals surface area contributed by atoms with Crippen molar-refractivity contribution in [3.8, 4) is 0 Å². The van der Waals surface area contributed by atoms with E-state index in [2.05, 4.69) is 9.71 Å². The minimum atomic E-state index is -1.68. The van der Waals surface area contributed by atoms with Crippen LogP contribution in [0.3, 0.4) is 0 Å². The highest BCUT2D eigenvalue weighted by Gasteiger charge is 2.27. The first kappa shape index (κ1) is 13.8. The van der Waals surface area contributed by atoms with E-state index in [0.29, 0.717) is 12.4 Å². The number of ether oxygens (including phenoxy) is 1. The largest absolute Gasteiger partial charge is 0.443 e. The first-order valence-corrected chi connectivity index (χ1v) is 7.10. The van der Waals surface area contributed by atoms with E-state index in [9.17, 15) is 9.00 Å². The smallest absolute Gasteiger partial charge is 0.420 e. The van der Waals surface area contributed by atoms with Crippen LogP contribution in [0.4, 0.5) is 10.6 Å². The third kappa shape index (κ3) is 3.44. The lowest BCUT2D eigenvalue weighted by Crippen LogP contribution is -2.40. The summed E-state index contributed by atoms with van der Waals surface area (Å²) in [5.74, 6) is 0.650. The van der Waals surface area contributed by atoms with E-state index in [1.807, 2.05) is 12.1 Å². The summed E-state index contributed by atoms with van der Waals surface area (Å²) in [4.78, 5) is 15.7. The summed E-state index contributed by atoms with van der Waals surface area (Å²) < 4.78 is 21.0. The van der Waals surface area contributed by atoms with Crippen molar-refractivity contribution in [3.63, 3.8) is 0 Å². The second-order valence-corrected chi connectivity index (χ2v) is 6.33. The lowest BCUT2D eigenvalue weighted by atomic mass is 10.2. The number of aromatic nitrogens is 1. The van der Waals surface area contributed by atoms with Gasteiger partial charge in [0.15, 0.2) is 0 Å². The Hall–Kier alpha value is -1.63. The van der Waals surface area contributed by atoms with E-state index in [-0.39, 0.29) is 0 Å². The molecule has 1 unspecified atom stereocenters. The summed E-state index contributed by atoms with van der Waals surface area (Å²) in [5.41, 5.74) is 0.414. The number of pyridine rings is 1. The van der Waals surface area contributed by atoms with Crippen LogP contribution in [0.2, 0.25) is 0 Å². The number of fused-ring (bicyclic) bond motifs is 1. The summed E-state index contributed by atoms with van der Waals surface area (Å²) in [6, 6.07) is 3.78. The maximum Gasteiger partial charge on any atom is 0.420 e. The second-order valence-electron chi connectivity index (χ2n) is 5.19. The molecule has 0 saturated carbocycles. The molecule has 0 fully saturated rings. The quantitative estimate of drug-likeness (QED) is 0.894. The van der Waals surface area contributed by atoms with Gasteiger partial charge in [0.2, 0.25) is 11.2 Å². The molecule has 1 atom stereocenters. The van der Waals surface area contributed by atoms with Crippen molar-refractivity contribution in [2.45, 2.75) is 32.8 Å². The first-order valence-electron chi connectivity index (χ1n) is 6.00. The van der Waals surface area contributed by atoms with Crippen molar-refractivity contribution in [1.29, 1.82) is 0 Å². The number of rotatable bonds is 2. The minimum absolute atomic E-state index is 0.564. The van der Waals surface area contributed by atoms with Crippen LogP contribution < -0.4 is 9.03 Å². The summed E-state index contributed by atoms with van der Waals surface area (Å²) >= 11 is -1.68. The topological polar surface area (TPSA) is 71.5 Å². The fourth-order valence-corrected chi connectivity index (χ4v) is 2.64. The molecule has 2 rings (SSSR count). The van der Waals surface area contributed by atoms with E-state index in [0.717, 1.165) is 12.0 Å². The Morgan fingerprint density at radius 2 is 2.26 bits per heavy atom. The average Bonchev–Trinajstić information content (AvgIpc) is 2.69. The molecule has 0 saturated heterocycles. The minimum Gasteiger partial charge on any atom is -0.443 e.